The Kier molecular flexibility index (Phi) is 3.87. The number of hydrogen-bond acceptors (Lipinski definition) is 5. The van der Waals surface area contributed by atoms with Crippen LogP contribution in [0.2, 0.25) is 0 Å². The largest absolute Gasteiger partial charge is 0.507 e. The van der Waals surface area contributed by atoms with Crippen molar-refractivity contribution in [3.8, 4) is 5.75 Å². The third-order valence-electron chi connectivity index (χ3n) is 4.37. The minimum atomic E-state index is -0.150. The van der Waals surface area contributed by atoms with Crippen LogP contribution in [0.3, 0.4) is 0 Å². The number of hydrogen-bond donors (Lipinski definition) is 5. The second-order valence-corrected chi connectivity index (χ2v) is 5.92. The number of H-pyrrole nitrogens is 2. The van der Waals surface area contributed by atoms with E-state index in [0.29, 0.717) is 35.8 Å². The van der Waals surface area contributed by atoms with E-state index in [2.05, 4.69) is 20.5 Å². The highest BCUT2D eigenvalue weighted by Crippen LogP contribution is 2.37. The quantitative estimate of drug-likeness (QED) is 0.273. The second kappa shape index (κ2) is 6.19. The lowest BCUT2D eigenvalue weighted by Crippen LogP contribution is -2.22. The molecule has 0 spiro atoms. The maximum atomic E-state index is 11.7. The Hall–Kier alpha value is -2.90. The second-order valence-electron chi connectivity index (χ2n) is 5.92. The monoisotopic (exact) mass is 338 g/mol. The zero-order chi connectivity index (χ0) is 17.4. The zero-order valence-corrected chi connectivity index (χ0v) is 13.5. The molecular formula is C18H18N4O3. The van der Waals surface area contributed by atoms with Gasteiger partial charge in [-0.3, -0.25) is 14.9 Å². The molecule has 7 nitrogen and oxygen atoms in total. The fourth-order valence-corrected chi connectivity index (χ4v) is 3.25. The van der Waals surface area contributed by atoms with Gasteiger partial charge in [-0.15, -0.1) is 0 Å². The van der Waals surface area contributed by atoms with E-state index in [9.17, 15) is 9.90 Å². The van der Waals surface area contributed by atoms with Gasteiger partial charge >= 0.3 is 0 Å². The number of fused-ring (bicyclic) bond motifs is 2. The van der Waals surface area contributed by atoms with Gasteiger partial charge in [0, 0.05) is 29.2 Å². The first-order valence-corrected chi connectivity index (χ1v) is 8.14. The lowest BCUT2D eigenvalue weighted by molar-refractivity contribution is 0.293. The van der Waals surface area contributed by atoms with Crippen LogP contribution in [0.5, 0.6) is 5.75 Å². The number of aliphatic hydroxyl groups excluding tert-OH is 1. The first kappa shape index (κ1) is 15.6. The Morgan fingerprint density at radius 2 is 1.92 bits per heavy atom. The Labute approximate surface area is 142 Å². The molecule has 4 aromatic rings. The summed E-state index contributed by atoms with van der Waals surface area (Å²) in [6.45, 7) is 1.76. The van der Waals surface area contributed by atoms with E-state index in [0.717, 1.165) is 21.8 Å². The van der Waals surface area contributed by atoms with Crippen molar-refractivity contribution >= 4 is 32.6 Å². The lowest BCUT2D eigenvalue weighted by Gasteiger charge is -2.07. The molecule has 1 aromatic heterocycles. The van der Waals surface area contributed by atoms with Crippen LogP contribution in [0.25, 0.3) is 32.6 Å². The van der Waals surface area contributed by atoms with Crippen molar-refractivity contribution in [1.82, 2.24) is 15.5 Å². The molecule has 0 aliphatic rings. The molecule has 0 unspecified atom stereocenters. The van der Waals surface area contributed by atoms with E-state index in [-0.39, 0.29) is 17.8 Å². The number of phenols is 1. The van der Waals surface area contributed by atoms with Crippen molar-refractivity contribution in [2.45, 2.75) is 0 Å². The van der Waals surface area contributed by atoms with Gasteiger partial charge in [-0.05, 0) is 30.3 Å². The van der Waals surface area contributed by atoms with Crippen LogP contribution in [0, 0.1) is 0 Å². The van der Waals surface area contributed by atoms with Gasteiger partial charge < -0.3 is 20.6 Å². The summed E-state index contributed by atoms with van der Waals surface area (Å²) in [5.74, 6) is 0.0702. The highest BCUT2D eigenvalue weighted by molar-refractivity contribution is 6.22. The summed E-state index contributed by atoms with van der Waals surface area (Å²) in [5.41, 5.74) is 1.56. The standard InChI is InChI=1S/C18H18N4O3/c23-8-7-19-5-6-20-13-3-4-14-15-16(13)18(25)12-9-10(24)1-2-11(12)17(15)22-21-14/h1-4,9,19,21-23,25H,5-8H2. The molecule has 0 radical (unpaired) electrons. The van der Waals surface area contributed by atoms with E-state index in [4.69, 9.17) is 5.11 Å². The topological polar surface area (TPSA) is 114 Å². The van der Waals surface area contributed by atoms with E-state index >= 15 is 0 Å². The summed E-state index contributed by atoms with van der Waals surface area (Å²) in [4.78, 5) is 16.3. The van der Waals surface area contributed by atoms with Crippen molar-refractivity contribution in [3.05, 3.63) is 45.9 Å². The maximum Gasteiger partial charge on any atom is 0.179 e. The minimum absolute atomic E-state index is 0.0702. The van der Waals surface area contributed by atoms with Crippen molar-refractivity contribution in [2.24, 2.45) is 4.99 Å². The van der Waals surface area contributed by atoms with Gasteiger partial charge in [0.2, 0.25) is 0 Å². The van der Waals surface area contributed by atoms with Crippen LogP contribution >= 0.6 is 0 Å². The molecule has 3 aromatic carbocycles. The van der Waals surface area contributed by atoms with E-state index in [1.165, 1.54) is 12.1 Å². The summed E-state index contributed by atoms with van der Waals surface area (Å²) < 4.78 is 0. The SMILES string of the molecule is O=c1ccc2c(c1)c(O)c1c(=NCCNCCO)ccc3[nH][nH]c2c31. The lowest BCUT2D eigenvalue weighted by atomic mass is 10.00. The molecule has 0 aliphatic carbocycles. The average Bonchev–Trinajstić information content (AvgIpc) is 3.04. The summed E-state index contributed by atoms with van der Waals surface area (Å²) >= 11 is 0. The van der Waals surface area contributed by atoms with Crippen LogP contribution < -0.4 is 16.1 Å². The van der Waals surface area contributed by atoms with Crippen LogP contribution in [-0.4, -0.2) is 46.7 Å². The van der Waals surface area contributed by atoms with Crippen LogP contribution in [0.1, 0.15) is 0 Å². The number of aromatic amines is 2. The van der Waals surface area contributed by atoms with Crippen molar-refractivity contribution < 1.29 is 10.2 Å². The van der Waals surface area contributed by atoms with Gasteiger partial charge in [0.05, 0.1) is 34.9 Å². The maximum absolute atomic E-state index is 11.7. The van der Waals surface area contributed by atoms with Crippen molar-refractivity contribution in [3.63, 3.8) is 0 Å². The fraction of sp³-hybridized carbons (Fsp3) is 0.222. The third kappa shape index (κ3) is 2.54. The molecule has 0 saturated carbocycles. The van der Waals surface area contributed by atoms with E-state index in [1.807, 2.05) is 12.1 Å². The zero-order valence-electron chi connectivity index (χ0n) is 13.5. The number of phenolic OH excluding ortho intramolecular Hbond substituents is 1. The molecule has 0 bridgehead atoms. The number of benzene rings is 3. The van der Waals surface area contributed by atoms with Crippen LogP contribution in [-0.2, 0) is 0 Å². The molecule has 0 aliphatic heterocycles. The number of rotatable bonds is 5. The number of aromatic nitrogens is 2. The first-order valence-electron chi connectivity index (χ1n) is 8.14. The molecule has 0 saturated heterocycles. The Bertz CT molecular complexity index is 1180. The predicted octanol–water partition coefficient (Wildman–Crippen LogP) is 0.789. The normalized spacial score (nSPS) is 12.8. The van der Waals surface area contributed by atoms with E-state index in [1.54, 1.807) is 6.07 Å². The Morgan fingerprint density at radius 3 is 2.76 bits per heavy atom. The van der Waals surface area contributed by atoms with Crippen molar-refractivity contribution in [1.29, 1.82) is 0 Å². The number of nitrogens with zero attached hydrogens (tertiary/aromatic N) is 1. The summed E-state index contributed by atoms with van der Waals surface area (Å²) in [7, 11) is 0. The van der Waals surface area contributed by atoms with Gasteiger partial charge in [0.15, 0.2) is 5.43 Å². The van der Waals surface area contributed by atoms with Gasteiger partial charge in [-0.1, -0.05) is 0 Å². The molecule has 7 heteroatoms. The molecule has 128 valence electrons. The van der Waals surface area contributed by atoms with Crippen molar-refractivity contribution in [2.75, 3.05) is 26.2 Å². The van der Waals surface area contributed by atoms with Gasteiger partial charge in [-0.2, -0.15) is 0 Å². The number of aromatic hydroxyl groups is 1. The predicted molar refractivity (Wildman–Crippen MR) is 97.2 cm³/mol. The summed E-state index contributed by atoms with van der Waals surface area (Å²) in [6, 6.07) is 8.42. The summed E-state index contributed by atoms with van der Waals surface area (Å²) in [5, 5.41) is 32.4. The highest BCUT2D eigenvalue weighted by Gasteiger charge is 2.16. The smallest absolute Gasteiger partial charge is 0.179 e. The molecule has 25 heavy (non-hydrogen) atoms. The first-order chi connectivity index (χ1) is 12.2. The molecular weight excluding hydrogens is 320 g/mol. The van der Waals surface area contributed by atoms with Gasteiger partial charge in [0.1, 0.15) is 5.75 Å². The molecule has 0 amide bonds. The third-order valence-corrected chi connectivity index (χ3v) is 4.37. The molecule has 1 heterocycles. The Morgan fingerprint density at radius 1 is 1.04 bits per heavy atom. The average molecular weight is 338 g/mol. The molecule has 5 N–H and O–H groups in total. The number of aliphatic hydroxyl groups is 1. The van der Waals surface area contributed by atoms with Gasteiger partial charge in [-0.25, -0.2) is 0 Å². The summed E-state index contributed by atoms with van der Waals surface area (Å²) in [6.07, 6.45) is 0. The van der Waals surface area contributed by atoms with Gasteiger partial charge in [0.25, 0.3) is 0 Å². The van der Waals surface area contributed by atoms with E-state index < -0.39 is 0 Å². The fourth-order valence-electron chi connectivity index (χ4n) is 3.25. The number of nitrogens with one attached hydrogen (secondary N) is 3. The minimum Gasteiger partial charge on any atom is -0.507 e. The Balaban J connectivity index is 1.98. The molecule has 0 atom stereocenters. The highest BCUT2D eigenvalue weighted by atomic mass is 16.3. The van der Waals surface area contributed by atoms with Crippen LogP contribution in [0.4, 0.5) is 0 Å². The molecule has 0 fully saturated rings. The molecule has 4 rings (SSSR count). The van der Waals surface area contributed by atoms with Crippen LogP contribution in [0.15, 0.2) is 40.1 Å².